The number of nitrogens with zero attached hydrogens (tertiary/aromatic N) is 2. The second-order valence-corrected chi connectivity index (χ2v) is 5.44. The largest absolute Gasteiger partial charge is 0.383 e. The molecule has 1 aromatic heterocycles. The third-order valence-corrected chi connectivity index (χ3v) is 3.85. The summed E-state index contributed by atoms with van der Waals surface area (Å²) in [6.45, 7) is 0. The van der Waals surface area contributed by atoms with Gasteiger partial charge in [0.1, 0.15) is 29.1 Å². The summed E-state index contributed by atoms with van der Waals surface area (Å²) in [5.41, 5.74) is 7.21. The van der Waals surface area contributed by atoms with E-state index in [4.69, 9.17) is 17.3 Å². The molecule has 0 spiro atoms. The van der Waals surface area contributed by atoms with E-state index in [0.29, 0.717) is 11.1 Å². The van der Waals surface area contributed by atoms with Crippen molar-refractivity contribution in [2.75, 3.05) is 5.73 Å². The maximum atomic E-state index is 14.0. The first kappa shape index (κ1) is 15.9. The number of nitriles is 1. The van der Waals surface area contributed by atoms with Gasteiger partial charge in [-0.15, -0.1) is 0 Å². The standard InChI is InChI=1S/C18H10ClF2N3/c19-14-6-5-10(7-16(14)21)12-8-17(24-18(23)13(12)9-22)11-3-1-2-4-15(11)20/h1-8H,(H2,23,24). The molecule has 0 amide bonds. The smallest absolute Gasteiger partial charge is 0.142 e. The highest BCUT2D eigenvalue weighted by atomic mass is 35.5. The van der Waals surface area contributed by atoms with Crippen molar-refractivity contribution in [3.05, 3.63) is 70.8 Å². The Morgan fingerprint density at radius 3 is 2.42 bits per heavy atom. The van der Waals surface area contributed by atoms with Crippen molar-refractivity contribution in [1.82, 2.24) is 4.98 Å². The summed E-state index contributed by atoms with van der Waals surface area (Å²) < 4.78 is 27.8. The zero-order valence-electron chi connectivity index (χ0n) is 12.2. The molecule has 0 bridgehead atoms. The Morgan fingerprint density at radius 2 is 1.75 bits per heavy atom. The predicted octanol–water partition coefficient (Wildman–Crippen LogP) is 4.80. The molecule has 1 heterocycles. The molecule has 3 rings (SSSR count). The number of benzene rings is 2. The first-order valence-electron chi connectivity index (χ1n) is 6.92. The number of anilines is 1. The number of hydrogen-bond acceptors (Lipinski definition) is 3. The molecule has 0 aliphatic carbocycles. The van der Waals surface area contributed by atoms with Crippen molar-refractivity contribution in [3.8, 4) is 28.5 Å². The zero-order valence-corrected chi connectivity index (χ0v) is 13.0. The van der Waals surface area contributed by atoms with Crippen molar-refractivity contribution in [1.29, 1.82) is 5.26 Å². The first-order chi connectivity index (χ1) is 11.5. The van der Waals surface area contributed by atoms with Crippen LogP contribution < -0.4 is 5.73 Å². The molecule has 0 radical (unpaired) electrons. The Kier molecular flexibility index (Phi) is 4.15. The number of aromatic nitrogens is 1. The van der Waals surface area contributed by atoms with Crippen LogP contribution >= 0.6 is 11.6 Å². The van der Waals surface area contributed by atoms with Gasteiger partial charge in [0.05, 0.1) is 10.7 Å². The van der Waals surface area contributed by atoms with Crippen molar-refractivity contribution in [3.63, 3.8) is 0 Å². The van der Waals surface area contributed by atoms with Crippen LogP contribution in [0.2, 0.25) is 5.02 Å². The molecule has 2 aromatic carbocycles. The topological polar surface area (TPSA) is 62.7 Å². The Morgan fingerprint density at radius 1 is 1.00 bits per heavy atom. The average Bonchev–Trinajstić information content (AvgIpc) is 2.57. The van der Waals surface area contributed by atoms with Crippen molar-refractivity contribution >= 4 is 17.4 Å². The summed E-state index contributed by atoms with van der Waals surface area (Å²) in [6.07, 6.45) is 0. The Hall–Kier alpha value is -2.97. The van der Waals surface area contributed by atoms with Gasteiger partial charge in [-0.1, -0.05) is 29.8 Å². The number of pyridine rings is 1. The van der Waals surface area contributed by atoms with Crippen LogP contribution in [0.15, 0.2) is 48.5 Å². The SMILES string of the molecule is N#Cc1c(-c2ccc(Cl)c(F)c2)cc(-c2ccccc2F)nc1N. The van der Waals surface area contributed by atoms with Gasteiger partial charge < -0.3 is 5.73 Å². The van der Waals surface area contributed by atoms with Gasteiger partial charge in [0.25, 0.3) is 0 Å². The molecule has 0 aliphatic heterocycles. The average molecular weight is 342 g/mol. The second-order valence-electron chi connectivity index (χ2n) is 5.04. The normalized spacial score (nSPS) is 10.4. The molecule has 0 saturated heterocycles. The van der Waals surface area contributed by atoms with Gasteiger partial charge in [0.15, 0.2) is 0 Å². The van der Waals surface area contributed by atoms with Crippen LogP contribution in [0.5, 0.6) is 0 Å². The zero-order chi connectivity index (χ0) is 17.3. The summed E-state index contributed by atoms with van der Waals surface area (Å²) in [7, 11) is 0. The van der Waals surface area contributed by atoms with E-state index in [0.717, 1.165) is 0 Å². The highest BCUT2D eigenvalue weighted by Gasteiger charge is 2.16. The number of hydrogen-bond donors (Lipinski definition) is 1. The number of nitrogen functional groups attached to an aromatic ring is 1. The van der Waals surface area contributed by atoms with Crippen LogP contribution in [0, 0.1) is 23.0 Å². The number of rotatable bonds is 2. The van der Waals surface area contributed by atoms with E-state index < -0.39 is 11.6 Å². The summed E-state index contributed by atoms with van der Waals surface area (Å²) >= 11 is 5.69. The number of nitrogens with two attached hydrogens (primary N) is 1. The minimum absolute atomic E-state index is 0.0337. The monoisotopic (exact) mass is 341 g/mol. The molecule has 0 saturated carbocycles. The minimum Gasteiger partial charge on any atom is -0.383 e. The molecule has 0 unspecified atom stereocenters. The molecule has 118 valence electrons. The minimum atomic E-state index is -0.624. The van der Waals surface area contributed by atoms with E-state index in [1.165, 1.54) is 24.3 Å². The molecular weight excluding hydrogens is 332 g/mol. The fourth-order valence-electron chi connectivity index (χ4n) is 2.38. The molecule has 0 atom stereocenters. The van der Waals surface area contributed by atoms with Gasteiger partial charge in [0.2, 0.25) is 0 Å². The van der Waals surface area contributed by atoms with E-state index in [2.05, 4.69) is 4.98 Å². The van der Waals surface area contributed by atoms with E-state index in [1.54, 1.807) is 24.3 Å². The lowest BCUT2D eigenvalue weighted by atomic mass is 9.98. The van der Waals surface area contributed by atoms with Gasteiger partial charge >= 0.3 is 0 Å². The Balaban J connectivity index is 2.27. The number of halogens is 3. The lowest BCUT2D eigenvalue weighted by Crippen LogP contribution is -2.00. The van der Waals surface area contributed by atoms with Crippen LogP contribution in [-0.4, -0.2) is 4.98 Å². The quantitative estimate of drug-likeness (QED) is 0.728. The van der Waals surface area contributed by atoms with Gasteiger partial charge in [0, 0.05) is 11.1 Å². The van der Waals surface area contributed by atoms with Gasteiger partial charge in [-0.2, -0.15) is 5.26 Å². The maximum Gasteiger partial charge on any atom is 0.142 e. The summed E-state index contributed by atoms with van der Waals surface area (Å²) in [5, 5.41) is 9.30. The lowest BCUT2D eigenvalue weighted by molar-refractivity contribution is 0.628. The van der Waals surface area contributed by atoms with Gasteiger partial charge in [-0.05, 0) is 35.9 Å². The third kappa shape index (κ3) is 2.80. The highest BCUT2D eigenvalue weighted by molar-refractivity contribution is 6.30. The van der Waals surface area contributed by atoms with Crippen LogP contribution in [-0.2, 0) is 0 Å². The molecule has 3 nitrogen and oxygen atoms in total. The second kappa shape index (κ2) is 6.26. The van der Waals surface area contributed by atoms with E-state index in [-0.39, 0.29) is 27.7 Å². The van der Waals surface area contributed by atoms with Crippen LogP contribution in [0.3, 0.4) is 0 Å². The van der Waals surface area contributed by atoms with E-state index in [9.17, 15) is 14.0 Å². The summed E-state index contributed by atoms with van der Waals surface area (Å²) in [6, 6.07) is 13.7. The molecular formula is C18H10ClF2N3. The molecule has 24 heavy (non-hydrogen) atoms. The third-order valence-electron chi connectivity index (χ3n) is 3.54. The summed E-state index contributed by atoms with van der Waals surface area (Å²) in [4.78, 5) is 4.10. The molecule has 3 aromatic rings. The Labute approximate surface area is 141 Å². The molecule has 2 N–H and O–H groups in total. The fraction of sp³-hybridized carbons (Fsp3) is 0. The fourth-order valence-corrected chi connectivity index (χ4v) is 2.50. The van der Waals surface area contributed by atoms with Crippen molar-refractivity contribution in [2.24, 2.45) is 0 Å². The molecule has 0 fully saturated rings. The van der Waals surface area contributed by atoms with Crippen molar-refractivity contribution < 1.29 is 8.78 Å². The summed E-state index contributed by atoms with van der Waals surface area (Å²) in [5.74, 6) is -1.15. The maximum absolute atomic E-state index is 14.0. The predicted molar refractivity (Wildman–Crippen MR) is 89.2 cm³/mol. The lowest BCUT2D eigenvalue weighted by Gasteiger charge is -2.11. The van der Waals surface area contributed by atoms with Gasteiger partial charge in [-0.25, -0.2) is 13.8 Å². The van der Waals surface area contributed by atoms with E-state index >= 15 is 0 Å². The highest BCUT2D eigenvalue weighted by Crippen LogP contribution is 2.33. The first-order valence-corrected chi connectivity index (χ1v) is 7.30. The Bertz CT molecular complexity index is 980. The molecule has 0 aliphatic rings. The molecule has 6 heteroatoms. The van der Waals surface area contributed by atoms with Crippen molar-refractivity contribution in [2.45, 2.75) is 0 Å². The van der Waals surface area contributed by atoms with Crippen LogP contribution in [0.25, 0.3) is 22.4 Å². The van der Waals surface area contributed by atoms with Crippen LogP contribution in [0.1, 0.15) is 5.56 Å². The van der Waals surface area contributed by atoms with Gasteiger partial charge in [-0.3, -0.25) is 0 Å². The van der Waals surface area contributed by atoms with Crippen LogP contribution in [0.4, 0.5) is 14.6 Å². The van der Waals surface area contributed by atoms with E-state index in [1.807, 2.05) is 6.07 Å².